The van der Waals surface area contributed by atoms with E-state index in [0.717, 1.165) is 32.5 Å². The van der Waals surface area contributed by atoms with E-state index < -0.39 is 5.97 Å². The van der Waals surface area contributed by atoms with Gasteiger partial charge in [-0.05, 0) is 38.3 Å². The number of rotatable bonds is 4. The molecule has 1 atom stereocenters. The smallest absolute Gasteiger partial charge is 0.307 e. The zero-order valence-corrected chi connectivity index (χ0v) is 9.20. The third kappa shape index (κ3) is 3.66. The van der Waals surface area contributed by atoms with Crippen LogP contribution in [0.15, 0.2) is 0 Å². The van der Waals surface area contributed by atoms with Gasteiger partial charge in [0, 0.05) is 6.54 Å². The Morgan fingerprint density at radius 1 is 1.57 bits per heavy atom. The van der Waals surface area contributed by atoms with E-state index in [4.69, 9.17) is 5.11 Å². The van der Waals surface area contributed by atoms with Crippen molar-refractivity contribution in [3.63, 3.8) is 0 Å². The summed E-state index contributed by atoms with van der Waals surface area (Å²) < 4.78 is 0. The Morgan fingerprint density at radius 3 is 2.86 bits per heavy atom. The van der Waals surface area contributed by atoms with Gasteiger partial charge in [0.2, 0.25) is 0 Å². The minimum absolute atomic E-state index is 0.129. The van der Waals surface area contributed by atoms with Crippen LogP contribution in [0, 0.1) is 11.8 Å². The molecule has 1 aliphatic rings. The maximum Gasteiger partial charge on any atom is 0.307 e. The number of aliphatic carboxylic acids is 1. The lowest BCUT2D eigenvalue weighted by atomic mass is 9.97. The van der Waals surface area contributed by atoms with Crippen molar-refractivity contribution in [3.8, 4) is 0 Å². The van der Waals surface area contributed by atoms with Crippen LogP contribution in [0.5, 0.6) is 0 Å². The molecule has 82 valence electrons. The molecular weight excluding hydrogens is 178 g/mol. The molecule has 1 saturated heterocycles. The van der Waals surface area contributed by atoms with Crippen molar-refractivity contribution in [2.24, 2.45) is 11.8 Å². The topological polar surface area (TPSA) is 40.5 Å². The minimum Gasteiger partial charge on any atom is -0.481 e. The van der Waals surface area contributed by atoms with Crippen LogP contribution in [-0.4, -0.2) is 35.6 Å². The van der Waals surface area contributed by atoms with Gasteiger partial charge < -0.3 is 10.0 Å². The van der Waals surface area contributed by atoms with E-state index in [1.54, 1.807) is 0 Å². The highest BCUT2D eigenvalue weighted by Gasteiger charge is 2.24. The maximum atomic E-state index is 10.8. The third-order valence-corrected chi connectivity index (χ3v) is 2.88. The molecule has 0 radical (unpaired) electrons. The van der Waals surface area contributed by atoms with Gasteiger partial charge in [0.1, 0.15) is 0 Å². The van der Waals surface area contributed by atoms with E-state index >= 15 is 0 Å². The van der Waals surface area contributed by atoms with E-state index in [0.29, 0.717) is 5.92 Å². The van der Waals surface area contributed by atoms with Crippen LogP contribution in [0.3, 0.4) is 0 Å². The lowest BCUT2D eigenvalue weighted by Gasteiger charge is -2.30. The Labute approximate surface area is 86.1 Å². The number of carboxylic acids is 1. The van der Waals surface area contributed by atoms with E-state index in [1.807, 2.05) is 0 Å². The third-order valence-electron chi connectivity index (χ3n) is 2.88. The van der Waals surface area contributed by atoms with Crippen molar-refractivity contribution in [3.05, 3.63) is 0 Å². The summed E-state index contributed by atoms with van der Waals surface area (Å²) >= 11 is 0. The summed E-state index contributed by atoms with van der Waals surface area (Å²) in [6.07, 6.45) is 3.06. The van der Waals surface area contributed by atoms with Gasteiger partial charge in [-0.2, -0.15) is 0 Å². The lowest BCUT2D eigenvalue weighted by molar-refractivity contribution is -0.143. The predicted octanol–water partition coefficient (Wildman–Crippen LogP) is 1.83. The molecule has 0 saturated carbocycles. The molecule has 1 N–H and O–H groups in total. The Hall–Kier alpha value is -0.570. The molecule has 14 heavy (non-hydrogen) atoms. The Kier molecular flexibility index (Phi) is 4.39. The molecular formula is C11H21NO2. The zero-order chi connectivity index (χ0) is 10.6. The first-order valence-electron chi connectivity index (χ1n) is 5.54. The van der Waals surface area contributed by atoms with Crippen LogP contribution in [0.1, 0.15) is 33.1 Å². The van der Waals surface area contributed by atoms with Crippen LogP contribution in [-0.2, 0) is 4.79 Å². The Morgan fingerprint density at radius 2 is 2.29 bits per heavy atom. The number of nitrogens with zero attached hydrogens (tertiary/aromatic N) is 1. The van der Waals surface area contributed by atoms with E-state index in [9.17, 15) is 4.79 Å². The van der Waals surface area contributed by atoms with Crippen LogP contribution in [0.4, 0.5) is 0 Å². The number of likely N-dealkylation sites (tertiary alicyclic amines) is 1. The average molecular weight is 199 g/mol. The normalized spacial score (nSPS) is 24.1. The van der Waals surface area contributed by atoms with Crippen molar-refractivity contribution >= 4 is 5.97 Å². The Balaban J connectivity index is 2.29. The molecule has 3 heteroatoms. The molecule has 0 amide bonds. The molecule has 0 aromatic rings. The second kappa shape index (κ2) is 5.35. The molecule has 3 nitrogen and oxygen atoms in total. The van der Waals surface area contributed by atoms with Crippen molar-refractivity contribution in [2.75, 3.05) is 19.6 Å². The fraction of sp³-hybridized carbons (Fsp3) is 0.909. The summed E-state index contributed by atoms with van der Waals surface area (Å²) in [7, 11) is 0. The molecule has 0 aliphatic carbocycles. The summed E-state index contributed by atoms with van der Waals surface area (Å²) in [6, 6.07) is 0. The van der Waals surface area contributed by atoms with Crippen molar-refractivity contribution in [1.29, 1.82) is 0 Å². The molecule has 1 fully saturated rings. The quantitative estimate of drug-likeness (QED) is 0.751. The van der Waals surface area contributed by atoms with Crippen LogP contribution in [0.25, 0.3) is 0 Å². The first-order chi connectivity index (χ1) is 6.59. The van der Waals surface area contributed by atoms with Crippen molar-refractivity contribution in [2.45, 2.75) is 33.1 Å². The van der Waals surface area contributed by atoms with Gasteiger partial charge in [-0.15, -0.1) is 0 Å². The molecule has 0 spiro atoms. The van der Waals surface area contributed by atoms with Gasteiger partial charge in [0.15, 0.2) is 0 Å². The first-order valence-corrected chi connectivity index (χ1v) is 5.54. The molecule has 1 heterocycles. The molecule has 0 aromatic carbocycles. The minimum atomic E-state index is -0.626. The fourth-order valence-corrected chi connectivity index (χ4v) is 1.90. The second-order valence-corrected chi connectivity index (χ2v) is 4.66. The average Bonchev–Trinajstić information content (AvgIpc) is 2.15. The van der Waals surface area contributed by atoms with Crippen molar-refractivity contribution < 1.29 is 9.90 Å². The van der Waals surface area contributed by atoms with Gasteiger partial charge in [-0.25, -0.2) is 0 Å². The summed E-state index contributed by atoms with van der Waals surface area (Å²) in [5, 5.41) is 8.91. The number of hydrogen-bond acceptors (Lipinski definition) is 2. The van der Waals surface area contributed by atoms with Gasteiger partial charge in [0.25, 0.3) is 0 Å². The summed E-state index contributed by atoms with van der Waals surface area (Å²) in [6.45, 7) is 7.30. The summed E-state index contributed by atoms with van der Waals surface area (Å²) in [5.41, 5.74) is 0. The number of hydrogen-bond donors (Lipinski definition) is 1. The van der Waals surface area contributed by atoms with Gasteiger partial charge in [-0.1, -0.05) is 13.8 Å². The lowest BCUT2D eigenvalue weighted by Crippen LogP contribution is -2.39. The standard InChI is InChI=1S/C11H21NO2/c1-9(2)5-7-12-6-3-4-10(8-12)11(13)14/h9-10H,3-8H2,1-2H3,(H,13,14)/t10-/m1/s1. The van der Waals surface area contributed by atoms with Crippen LogP contribution < -0.4 is 0 Å². The molecule has 0 aromatic heterocycles. The molecule has 0 unspecified atom stereocenters. The van der Waals surface area contributed by atoms with Crippen LogP contribution in [0.2, 0.25) is 0 Å². The fourth-order valence-electron chi connectivity index (χ4n) is 1.90. The van der Waals surface area contributed by atoms with Gasteiger partial charge in [-0.3, -0.25) is 4.79 Å². The number of carbonyl (C=O) groups is 1. The second-order valence-electron chi connectivity index (χ2n) is 4.66. The summed E-state index contributed by atoms with van der Waals surface area (Å²) in [4.78, 5) is 13.1. The van der Waals surface area contributed by atoms with E-state index in [2.05, 4.69) is 18.7 Å². The van der Waals surface area contributed by atoms with E-state index in [1.165, 1.54) is 6.42 Å². The first kappa shape index (κ1) is 11.5. The molecule has 1 aliphatic heterocycles. The van der Waals surface area contributed by atoms with Crippen molar-refractivity contribution in [1.82, 2.24) is 4.90 Å². The largest absolute Gasteiger partial charge is 0.481 e. The zero-order valence-electron chi connectivity index (χ0n) is 9.20. The van der Waals surface area contributed by atoms with Gasteiger partial charge >= 0.3 is 5.97 Å². The SMILES string of the molecule is CC(C)CCN1CCC[C@@H](C(=O)O)C1. The highest BCUT2D eigenvalue weighted by Crippen LogP contribution is 2.17. The molecule has 0 bridgehead atoms. The predicted molar refractivity (Wildman–Crippen MR) is 56.3 cm³/mol. The van der Waals surface area contributed by atoms with Crippen LogP contribution >= 0.6 is 0 Å². The summed E-state index contributed by atoms with van der Waals surface area (Å²) in [5.74, 6) is -0.0460. The van der Waals surface area contributed by atoms with E-state index in [-0.39, 0.29) is 5.92 Å². The highest BCUT2D eigenvalue weighted by molar-refractivity contribution is 5.70. The monoisotopic (exact) mass is 199 g/mol. The number of piperidine rings is 1. The Bertz CT molecular complexity index is 192. The highest BCUT2D eigenvalue weighted by atomic mass is 16.4. The number of carboxylic acid groups (broad SMARTS) is 1. The van der Waals surface area contributed by atoms with Gasteiger partial charge in [0.05, 0.1) is 5.92 Å². The maximum absolute atomic E-state index is 10.8. The molecule has 1 rings (SSSR count).